The number of esters is 1. The summed E-state index contributed by atoms with van der Waals surface area (Å²) in [6, 6.07) is 7.91. The van der Waals surface area contributed by atoms with E-state index in [-0.39, 0.29) is 5.97 Å². The van der Waals surface area contributed by atoms with Crippen LogP contribution >= 0.6 is 0 Å². The van der Waals surface area contributed by atoms with Crippen LogP contribution in [0.15, 0.2) is 28.8 Å². The van der Waals surface area contributed by atoms with Gasteiger partial charge in [0.05, 0.1) is 20.1 Å². The number of methoxy groups -OCH3 is 1. The van der Waals surface area contributed by atoms with Gasteiger partial charge < -0.3 is 9.26 Å². The van der Waals surface area contributed by atoms with Crippen LogP contribution in [0.5, 0.6) is 0 Å². The van der Waals surface area contributed by atoms with E-state index in [0.717, 1.165) is 5.56 Å². The van der Waals surface area contributed by atoms with Gasteiger partial charge in [-0.05, 0) is 26.1 Å². The summed E-state index contributed by atoms with van der Waals surface area (Å²) >= 11 is 0. The van der Waals surface area contributed by atoms with E-state index >= 15 is 0 Å². The zero-order chi connectivity index (χ0) is 15.2. The topological polar surface area (TPSA) is 68.5 Å². The molecule has 0 aliphatic heterocycles. The zero-order valence-corrected chi connectivity index (χ0v) is 12.5. The number of hydrogen-bond donors (Lipinski definition) is 0. The van der Waals surface area contributed by atoms with E-state index in [1.165, 1.54) is 12.7 Å². The molecule has 0 saturated carbocycles. The number of rotatable bonds is 6. The van der Waals surface area contributed by atoms with Gasteiger partial charge in [-0.3, -0.25) is 9.69 Å². The average molecular weight is 289 g/mol. The van der Waals surface area contributed by atoms with Crippen LogP contribution in [0.4, 0.5) is 0 Å². The molecule has 112 valence electrons. The van der Waals surface area contributed by atoms with Crippen LogP contribution in [0.25, 0.3) is 11.5 Å². The third kappa shape index (κ3) is 4.39. The molecule has 0 N–H and O–H groups in total. The molecule has 0 atom stereocenters. The molecule has 6 heteroatoms. The van der Waals surface area contributed by atoms with E-state index in [2.05, 4.69) is 14.9 Å². The van der Waals surface area contributed by atoms with E-state index in [0.29, 0.717) is 31.2 Å². The molecule has 0 aliphatic carbocycles. The van der Waals surface area contributed by atoms with Crippen molar-refractivity contribution in [1.82, 2.24) is 15.0 Å². The smallest absolute Gasteiger partial charge is 0.306 e. The minimum Gasteiger partial charge on any atom is -0.469 e. The van der Waals surface area contributed by atoms with Gasteiger partial charge >= 0.3 is 5.97 Å². The summed E-state index contributed by atoms with van der Waals surface area (Å²) in [5.74, 6) is 0.875. The van der Waals surface area contributed by atoms with Crippen molar-refractivity contribution in [3.8, 4) is 11.5 Å². The van der Waals surface area contributed by atoms with E-state index in [4.69, 9.17) is 4.52 Å². The van der Waals surface area contributed by atoms with Crippen LogP contribution in [-0.4, -0.2) is 41.7 Å². The minimum absolute atomic E-state index is 0.227. The van der Waals surface area contributed by atoms with Gasteiger partial charge in [-0.25, -0.2) is 0 Å². The second-order valence-corrected chi connectivity index (χ2v) is 4.95. The van der Waals surface area contributed by atoms with E-state index in [1.807, 2.05) is 43.1 Å². The SMILES string of the molecule is COC(=O)CCN(C)Cc1noc(-c2ccc(C)cc2)n1. The van der Waals surface area contributed by atoms with Gasteiger partial charge in [-0.15, -0.1) is 0 Å². The van der Waals surface area contributed by atoms with Crippen LogP contribution < -0.4 is 0 Å². The molecule has 0 aliphatic rings. The van der Waals surface area contributed by atoms with Gasteiger partial charge in [0.25, 0.3) is 5.89 Å². The molecule has 21 heavy (non-hydrogen) atoms. The fourth-order valence-corrected chi connectivity index (χ4v) is 1.84. The first-order valence-electron chi connectivity index (χ1n) is 6.73. The Hall–Kier alpha value is -2.21. The Balaban J connectivity index is 1.93. The maximum absolute atomic E-state index is 11.1. The van der Waals surface area contributed by atoms with E-state index < -0.39 is 0 Å². The minimum atomic E-state index is -0.227. The molecule has 1 heterocycles. The Bertz CT molecular complexity index is 592. The number of hydrogen-bond acceptors (Lipinski definition) is 6. The summed E-state index contributed by atoms with van der Waals surface area (Å²) in [4.78, 5) is 17.4. The standard InChI is InChI=1S/C15H19N3O3/c1-11-4-6-12(7-5-11)15-16-13(17-21-15)10-18(2)9-8-14(19)20-3/h4-7H,8-10H2,1-3H3. The molecule has 2 aromatic rings. The predicted octanol–water partition coefficient (Wildman–Crippen LogP) is 2.04. The third-order valence-corrected chi connectivity index (χ3v) is 3.10. The predicted molar refractivity (Wildman–Crippen MR) is 77.4 cm³/mol. The summed E-state index contributed by atoms with van der Waals surface area (Å²) in [5, 5.41) is 3.96. The van der Waals surface area contributed by atoms with Crippen molar-refractivity contribution in [1.29, 1.82) is 0 Å². The lowest BCUT2D eigenvalue weighted by Crippen LogP contribution is -2.22. The zero-order valence-electron chi connectivity index (χ0n) is 12.5. The van der Waals surface area contributed by atoms with E-state index in [1.54, 1.807) is 0 Å². The summed E-state index contributed by atoms with van der Waals surface area (Å²) in [7, 11) is 3.28. The van der Waals surface area contributed by atoms with Gasteiger partial charge in [0.2, 0.25) is 0 Å². The molecule has 0 spiro atoms. The van der Waals surface area contributed by atoms with Gasteiger partial charge in [0, 0.05) is 12.1 Å². The summed E-state index contributed by atoms with van der Waals surface area (Å²) < 4.78 is 9.87. The van der Waals surface area contributed by atoms with Crippen molar-refractivity contribution < 1.29 is 14.1 Å². The number of carbonyl (C=O) groups is 1. The molecule has 0 bridgehead atoms. The van der Waals surface area contributed by atoms with Crippen molar-refractivity contribution in [2.75, 3.05) is 20.7 Å². The van der Waals surface area contributed by atoms with Crippen molar-refractivity contribution in [2.24, 2.45) is 0 Å². The highest BCUT2D eigenvalue weighted by Crippen LogP contribution is 2.17. The van der Waals surface area contributed by atoms with E-state index in [9.17, 15) is 4.79 Å². The van der Waals surface area contributed by atoms with Crippen LogP contribution in [0, 0.1) is 6.92 Å². The first-order valence-corrected chi connectivity index (χ1v) is 6.73. The highest BCUT2D eigenvalue weighted by atomic mass is 16.5. The second-order valence-electron chi connectivity index (χ2n) is 4.95. The number of carbonyl (C=O) groups excluding carboxylic acids is 1. The van der Waals surface area contributed by atoms with Gasteiger partial charge in [-0.1, -0.05) is 22.9 Å². The normalized spacial score (nSPS) is 10.9. The first kappa shape index (κ1) is 15.2. The van der Waals surface area contributed by atoms with Crippen molar-refractivity contribution in [3.63, 3.8) is 0 Å². The largest absolute Gasteiger partial charge is 0.469 e. The number of ether oxygens (including phenoxy) is 1. The molecule has 0 amide bonds. The average Bonchev–Trinajstić information content (AvgIpc) is 2.94. The fourth-order valence-electron chi connectivity index (χ4n) is 1.84. The number of aromatic nitrogens is 2. The van der Waals surface area contributed by atoms with Gasteiger partial charge in [-0.2, -0.15) is 4.98 Å². The van der Waals surface area contributed by atoms with Crippen molar-refractivity contribution in [2.45, 2.75) is 19.9 Å². The number of nitrogens with zero attached hydrogens (tertiary/aromatic N) is 3. The Kier molecular flexibility index (Phi) is 5.05. The Morgan fingerprint density at radius 3 is 2.71 bits per heavy atom. The first-order chi connectivity index (χ1) is 10.1. The van der Waals surface area contributed by atoms with Crippen molar-refractivity contribution >= 4 is 5.97 Å². The highest BCUT2D eigenvalue weighted by Gasteiger charge is 2.11. The lowest BCUT2D eigenvalue weighted by Gasteiger charge is -2.12. The lowest BCUT2D eigenvalue weighted by atomic mass is 10.1. The van der Waals surface area contributed by atoms with Gasteiger partial charge in [0.15, 0.2) is 5.82 Å². The summed E-state index contributed by atoms with van der Waals surface area (Å²) in [6.07, 6.45) is 0.343. The molecule has 0 radical (unpaired) electrons. The van der Waals surface area contributed by atoms with Gasteiger partial charge in [0.1, 0.15) is 0 Å². The molecule has 0 fully saturated rings. The Labute approximate surface area is 123 Å². The number of benzene rings is 1. The lowest BCUT2D eigenvalue weighted by molar-refractivity contribution is -0.140. The quantitative estimate of drug-likeness (QED) is 0.758. The third-order valence-electron chi connectivity index (χ3n) is 3.10. The molecule has 1 aromatic heterocycles. The molecule has 0 unspecified atom stereocenters. The highest BCUT2D eigenvalue weighted by molar-refractivity contribution is 5.69. The maximum atomic E-state index is 11.1. The Morgan fingerprint density at radius 2 is 2.05 bits per heavy atom. The molecule has 1 aromatic carbocycles. The molecular formula is C15H19N3O3. The van der Waals surface area contributed by atoms with Crippen LogP contribution in [0.2, 0.25) is 0 Å². The summed E-state index contributed by atoms with van der Waals surface area (Å²) in [5.41, 5.74) is 2.08. The van der Waals surface area contributed by atoms with Crippen LogP contribution in [-0.2, 0) is 16.1 Å². The van der Waals surface area contributed by atoms with Crippen LogP contribution in [0.3, 0.4) is 0 Å². The van der Waals surface area contributed by atoms with Crippen LogP contribution in [0.1, 0.15) is 17.8 Å². The molecule has 2 rings (SSSR count). The number of aryl methyl sites for hydroxylation is 1. The summed E-state index contributed by atoms with van der Waals surface area (Å²) in [6.45, 7) is 3.13. The molecule has 6 nitrogen and oxygen atoms in total. The fraction of sp³-hybridized carbons (Fsp3) is 0.400. The maximum Gasteiger partial charge on any atom is 0.306 e. The monoisotopic (exact) mass is 289 g/mol. The Morgan fingerprint density at radius 1 is 1.33 bits per heavy atom. The molecule has 0 saturated heterocycles. The second kappa shape index (κ2) is 6.99. The molecular weight excluding hydrogens is 270 g/mol. The van der Waals surface area contributed by atoms with Crippen molar-refractivity contribution in [3.05, 3.63) is 35.7 Å².